The maximum atomic E-state index is 13.2. The zero-order valence-corrected chi connectivity index (χ0v) is 17.3. The van der Waals surface area contributed by atoms with Gasteiger partial charge in [-0.25, -0.2) is 0 Å². The molecule has 3 atom stereocenters. The molecule has 0 saturated heterocycles. The van der Waals surface area contributed by atoms with Crippen molar-refractivity contribution in [1.82, 2.24) is 9.62 Å². The number of rotatable bonds is 8. The lowest BCUT2D eigenvalue weighted by molar-refractivity contribution is -0.129. The van der Waals surface area contributed by atoms with Gasteiger partial charge in [-0.1, -0.05) is 57.0 Å². The van der Waals surface area contributed by atoms with Gasteiger partial charge < -0.3 is 0 Å². The molecule has 1 aromatic carbocycles. The average molecular weight is 412 g/mol. The molecule has 2 rings (SSSR count). The van der Waals surface area contributed by atoms with E-state index in [0.717, 1.165) is 30.4 Å². The first-order chi connectivity index (χ1) is 12.9. The standard InChI is InChI=1S/C18H25N3O4S2/c1-4-5-9-12-21(17(23)26-19-3)16(22)14-15(20-27(24)25)18(14,2)13-10-7-6-8-11-13/h6-8,10-11,14-15,19H,4-5,9,12H2,1-3H3. The first kappa shape index (κ1) is 21.6. The summed E-state index contributed by atoms with van der Waals surface area (Å²) in [7, 11) is -1.01. The van der Waals surface area contributed by atoms with E-state index in [9.17, 15) is 18.0 Å². The van der Waals surface area contributed by atoms with E-state index in [2.05, 4.69) is 9.08 Å². The molecular formula is C18H25N3O4S2. The minimum atomic E-state index is -2.62. The van der Waals surface area contributed by atoms with Crippen LogP contribution in [0.15, 0.2) is 34.7 Å². The molecule has 148 valence electrons. The number of hydrogen-bond donors (Lipinski definition) is 1. The van der Waals surface area contributed by atoms with Crippen LogP contribution in [0.3, 0.4) is 0 Å². The van der Waals surface area contributed by atoms with Crippen LogP contribution in [0.2, 0.25) is 0 Å². The van der Waals surface area contributed by atoms with Crippen molar-refractivity contribution < 1.29 is 18.0 Å². The van der Waals surface area contributed by atoms with E-state index >= 15 is 0 Å². The van der Waals surface area contributed by atoms with Crippen LogP contribution in [0.1, 0.15) is 38.7 Å². The Balaban J connectivity index is 2.33. The second kappa shape index (κ2) is 9.48. The van der Waals surface area contributed by atoms with Crippen LogP contribution >= 0.6 is 11.9 Å². The maximum absolute atomic E-state index is 13.2. The van der Waals surface area contributed by atoms with Crippen LogP contribution in [0, 0.1) is 5.92 Å². The monoisotopic (exact) mass is 411 g/mol. The Hall–Kier alpha value is -1.71. The van der Waals surface area contributed by atoms with Crippen molar-refractivity contribution in [2.45, 2.75) is 44.6 Å². The lowest BCUT2D eigenvalue weighted by Gasteiger charge is -2.21. The SMILES string of the molecule is CCCCCN(C(=O)SNC)C(=O)C1C(N=S(=O)=O)C1(C)c1ccccc1. The van der Waals surface area contributed by atoms with E-state index in [1.165, 1.54) is 4.90 Å². The highest BCUT2D eigenvalue weighted by Crippen LogP contribution is 2.57. The Labute approximate surface area is 165 Å². The third kappa shape index (κ3) is 4.77. The molecule has 0 heterocycles. The Morgan fingerprint density at radius 3 is 2.48 bits per heavy atom. The molecule has 0 spiro atoms. The molecule has 0 aliphatic heterocycles. The van der Waals surface area contributed by atoms with Crippen LogP contribution in [0.5, 0.6) is 0 Å². The number of carbonyl (C=O) groups excluding carboxylic acids is 2. The molecule has 9 heteroatoms. The molecule has 3 unspecified atom stereocenters. The summed E-state index contributed by atoms with van der Waals surface area (Å²) in [5, 5.41) is -0.386. The van der Waals surface area contributed by atoms with Gasteiger partial charge in [0.05, 0.1) is 12.0 Å². The van der Waals surface area contributed by atoms with Crippen molar-refractivity contribution in [2.75, 3.05) is 13.6 Å². The fourth-order valence-corrected chi connectivity index (χ4v) is 4.41. The van der Waals surface area contributed by atoms with E-state index in [1.807, 2.05) is 44.2 Å². The van der Waals surface area contributed by atoms with E-state index in [-0.39, 0.29) is 11.1 Å². The first-order valence-electron chi connectivity index (χ1n) is 8.92. The van der Waals surface area contributed by atoms with E-state index in [4.69, 9.17) is 0 Å². The van der Waals surface area contributed by atoms with Gasteiger partial charge in [0, 0.05) is 23.9 Å². The van der Waals surface area contributed by atoms with E-state index in [0.29, 0.717) is 13.0 Å². The molecule has 0 bridgehead atoms. The Kier molecular flexibility index (Phi) is 7.58. The number of benzene rings is 1. The van der Waals surface area contributed by atoms with Crippen molar-refractivity contribution in [3.05, 3.63) is 35.9 Å². The van der Waals surface area contributed by atoms with Gasteiger partial charge in [-0.2, -0.15) is 12.8 Å². The van der Waals surface area contributed by atoms with Gasteiger partial charge in [0.25, 0.3) is 0 Å². The van der Waals surface area contributed by atoms with Crippen LogP contribution < -0.4 is 4.72 Å². The normalized spacial score (nSPS) is 23.5. The fraction of sp³-hybridized carbons (Fsp3) is 0.556. The molecular weight excluding hydrogens is 386 g/mol. The minimum Gasteiger partial charge on any atom is -0.274 e. The quantitative estimate of drug-likeness (QED) is 0.522. The molecule has 1 N–H and O–H groups in total. The van der Waals surface area contributed by atoms with E-state index < -0.39 is 27.9 Å². The molecule has 7 nitrogen and oxygen atoms in total. The highest BCUT2D eigenvalue weighted by molar-refractivity contribution is 8.11. The zero-order chi connectivity index (χ0) is 20.0. The summed E-state index contributed by atoms with van der Waals surface area (Å²) in [6, 6.07) is 8.55. The molecule has 0 radical (unpaired) electrons. The number of nitrogens with zero attached hydrogens (tertiary/aromatic N) is 2. The highest BCUT2D eigenvalue weighted by Gasteiger charge is 2.68. The van der Waals surface area contributed by atoms with Gasteiger partial charge in [0.2, 0.25) is 5.91 Å². The predicted octanol–water partition coefficient (Wildman–Crippen LogP) is 3.01. The van der Waals surface area contributed by atoms with Crippen molar-refractivity contribution >= 4 is 33.6 Å². The van der Waals surface area contributed by atoms with Crippen LogP contribution in [0.25, 0.3) is 0 Å². The first-order valence-corrected chi connectivity index (χ1v) is 10.8. The summed E-state index contributed by atoms with van der Waals surface area (Å²) in [5.41, 5.74) is 0.0937. The largest absolute Gasteiger partial charge is 0.311 e. The van der Waals surface area contributed by atoms with Crippen molar-refractivity contribution in [2.24, 2.45) is 10.3 Å². The zero-order valence-electron chi connectivity index (χ0n) is 15.7. The number of unbranched alkanes of at least 4 members (excludes halogenated alkanes) is 2. The van der Waals surface area contributed by atoms with Gasteiger partial charge in [-0.05, 0) is 19.0 Å². The molecule has 0 aromatic heterocycles. The second-order valence-electron chi connectivity index (χ2n) is 6.66. The van der Waals surface area contributed by atoms with Crippen LogP contribution in [0.4, 0.5) is 4.79 Å². The molecule has 1 aliphatic rings. The Morgan fingerprint density at radius 1 is 1.26 bits per heavy atom. The number of nitrogens with one attached hydrogen (secondary N) is 1. The third-order valence-electron chi connectivity index (χ3n) is 4.99. The summed E-state index contributed by atoms with van der Waals surface area (Å²) in [4.78, 5) is 26.9. The fourth-order valence-electron chi connectivity index (χ4n) is 3.41. The molecule has 1 aromatic rings. The number of amides is 2. The summed E-state index contributed by atoms with van der Waals surface area (Å²) >= 11 is 0.846. The van der Waals surface area contributed by atoms with Crippen molar-refractivity contribution in [1.29, 1.82) is 0 Å². The summed E-state index contributed by atoms with van der Waals surface area (Å²) in [6.07, 6.45) is 2.58. The van der Waals surface area contributed by atoms with Gasteiger partial charge in [-0.15, -0.1) is 0 Å². The number of hydrogen-bond acceptors (Lipinski definition) is 7. The van der Waals surface area contributed by atoms with Gasteiger partial charge in [0.1, 0.15) is 0 Å². The van der Waals surface area contributed by atoms with Crippen LogP contribution in [-0.4, -0.2) is 44.1 Å². The van der Waals surface area contributed by atoms with Gasteiger partial charge in [-0.3, -0.25) is 19.2 Å². The minimum absolute atomic E-state index is 0.314. The summed E-state index contributed by atoms with van der Waals surface area (Å²) in [5.74, 6) is -1.05. The molecule has 2 amide bonds. The number of carbonyl (C=O) groups is 2. The Bertz CT molecular complexity index is 805. The van der Waals surface area contributed by atoms with Gasteiger partial charge >= 0.3 is 15.7 Å². The van der Waals surface area contributed by atoms with Crippen molar-refractivity contribution in [3.63, 3.8) is 0 Å². The molecule has 1 aliphatic carbocycles. The second-order valence-corrected chi connectivity index (χ2v) is 8.27. The molecule has 27 heavy (non-hydrogen) atoms. The van der Waals surface area contributed by atoms with Crippen molar-refractivity contribution in [3.8, 4) is 0 Å². The van der Waals surface area contributed by atoms with Crippen LogP contribution in [-0.2, 0) is 20.7 Å². The number of imide groups is 1. The third-order valence-corrected chi connectivity index (χ3v) is 5.99. The van der Waals surface area contributed by atoms with E-state index in [1.54, 1.807) is 7.05 Å². The van der Waals surface area contributed by atoms with Gasteiger partial charge in [0.15, 0.2) is 0 Å². The molecule has 1 saturated carbocycles. The lowest BCUT2D eigenvalue weighted by atomic mass is 9.94. The summed E-state index contributed by atoms with van der Waals surface area (Å²) in [6.45, 7) is 4.18. The smallest absolute Gasteiger partial charge is 0.274 e. The Morgan fingerprint density at radius 2 is 1.93 bits per heavy atom. The average Bonchev–Trinajstić information content (AvgIpc) is 3.23. The predicted molar refractivity (Wildman–Crippen MR) is 106 cm³/mol. The topological polar surface area (TPSA) is 95.9 Å². The molecule has 1 fully saturated rings. The highest BCUT2D eigenvalue weighted by atomic mass is 32.2. The summed E-state index contributed by atoms with van der Waals surface area (Å²) < 4.78 is 28.8. The lowest BCUT2D eigenvalue weighted by Crippen LogP contribution is -2.38. The maximum Gasteiger partial charge on any atom is 0.311 e.